The molecule has 0 saturated carbocycles. The lowest BCUT2D eigenvalue weighted by Gasteiger charge is -2.36. The van der Waals surface area contributed by atoms with Crippen LogP contribution in [0.4, 0.5) is 13.2 Å². The fraction of sp³-hybridized carbons (Fsp3) is 0.520. The van der Waals surface area contributed by atoms with Gasteiger partial charge in [-0.2, -0.15) is 13.2 Å². The summed E-state index contributed by atoms with van der Waals surface area (Å²) in [6.07, 6.45) is -3.25. The Morgan fingerprint density at radius 1 is 0.667 bits per heavy atom. The number of aromatic hydroxyl groups is 2. The molecule has 2 N–H and O–H groups in total. The van der Waals surface area contributed by atoms with Crippen LogP contribution in [0.5, 0.6) is 11.5 Å². The molecule has 0 fully saturated rings. The molecule has 0 heterocycles. The molecule has 0 amide bonds. The van der Waals surface area contributed by atoms with Gasteiger partial charge in [0.05, 0.1) is 0 Å². The van der Waals surface area contributed by atoms with Crippen LogP contribution >= 0.6 is 0 Å². The summed E-state index contributed by atoms with van der Waals surface area (Å²) in [6, 6.07) is 8.34. The third-order valence-electron chi connectivity index (χ3n) is 6.94. The molecule has 166 valence electrons. The molecule has 2 aromatic carbocycles. The average Bonchev–Trinajstić information content (AvgIpc) is 2.66. The Kier molecular flexibility index (Phi) is 6.29. The number of halogens is 3. The van der Waals surface area contributed by atoms with Crippen molar-refractivity contribution in [2.45, 2.75) is 83.7 Å². The number of rotatable bonds is 6. The molecule has 2 rings (SSSR count). The van der Waals surface area contributed by atoms with Gasteiger partial charge in [0.25, 0.3) is 0 Å². The van der Waals surface area contributed by atoms with E-state index in [1.165, 1.54) is 36.4 Å². The standard InChI is InChI=1S/C25H33F3O2/c1-8-22(3,4)18-14-16(10-12-20(18)29)24(7,25(26,27)28)17-11-13-21(30)19(15-17)23(5,6)9-2/h10-15,29-30H,8-9H2,1-7H3. The average molecular weight is 423 g/mol. The molecule has 0 aliphatic rings. The fourth-order valence-corrected chi connectivity index (χ4v) is 3.65. The molecule has 5 heteroatoms. The zero-order chi connectivity index (χ0) is 23.1. The van der Waals surface area contributed by atoms with Crippen LogP contribution in [0, 0.1) is 0 Å². The molecular weight excluding hydrogens is 389 g/mol. The van der Waals surface area contributed by atoms with Crippen LogP contribution in [0.2, 0.25) is 0 Å². The minimum atomic E-state index is -4.58. The van der Waals surface area contributed by atoms with Crippen molar-refractivity contribution < 1.29 is 23.4 Å². The minimum absolute atomic E-state index is 0.00589. The molecule has 0 aromatic heterocycles. The molecule has 0 radical (unpaired) electrons. The predicted molar refractivity (Wildman–Crippen MR) is 115 cm³/mol. The van der Waals surface area contributed by atoms with Crippen molar-refractivity contribution in [1.82, 2.24) is 0 Å². The summed E-state index contributed by atoms with van der Waals surface area (Å²) in [7, 11) is 0. The Hall–Kier alpha value is -2.17. The molecular formula is C25H33F3O2. The van der Waals surface area contributed by atoms with Crippen LogP contribution < -0.4 is 0 Å². The summed E-state index contributed by atoms with van der Waals surface area (Å²) in [4.78, 5) is 0. The van der Waals surface area contributed by atoms with E-state index in [1.54, 1.807) is 0 Å². The van der Waals surface area contributed by atoms with E-state index in [1.807, 2.05) is 41.5 Å². The quantitative estimate of drug-likeness (QED) is 0.511. The van der Waals surface area contributed by atoms with E-state index >= 15 is 0 Å². The summed E-state index contributed by atoms with van der Waals surface area (Å²) in [5, 5.41) is 20.7. The first-order valence-electron chi connectivity index (χ1n) is 10.4. The summed E-state index contributed by atoms with van der Waals surface area (Å²) in [5.41, 5.74) is -2.14. The molecule has 0 unspecified atom stereocenters. The Morgan fingerprint density at radius 2 is 1.00 bits per heavy atom. The summed E-state index contributed by atoms with van der Waals surface area (Å²) < 4.78 is 43.7. The lowest BCUT2D eigenvalue weighted by Crippen LogP contribution is -2.41. The van der Waals surface area contributed by atoms with Gasteiger partial charge in [-0.05, 0) is 65.0 Å². The van der Waals surface area contributed by atoms with Crippen molar-refractivity contribution in [3.8, 4) is 11.5 Å². The first-order chi connectivity index (χ1) is 13.6. The maximum atomic E-state index is 14.6. The summed E-state index contributed by atoms with van der Waals surface area (Å²) in [5.74, 6) is -0.0118. The molecule has 2 nitrogen and oxygen atoms in total. The van der Waals surface area contributed by atoms with Gasteiger partial charge in [-0.25, -0.2) is 0 Å². The minimum Gasteiger partial charge on any atom is -0.508 e. The monoisotopic (exact) mass is 422 g/mol. The van der Waals surface area contributed by atoms with Gasteiger partial charge in [0.2, 0.25) is 0 Å². The maximum Gasteiger partial charge on any atom is 0.402 e. The van der Waals surface area contributed by atoms with Gasteiger partial charge in [0.1, 0.15) is 16.9 Å². The smallest absolute Gasteiger partial charge is 0.402 e. The molecule has 0 spiro atoms. The van der Waals surface area contributed by atoms with E-state index in [0.29, 0.717) is 24.0 Å². The van der Waals surface area contributed by atoms with Gasteiger partial charge in [0.15, 0.2) is 0 Å². The van der Waals surface area contributed by atoms with E-state index in [0.717, 1.165) is 6.92 Å². The van der Waals surface area contributed by atoms with Crippen molar-refractivity contribution in [2.24, 2.45) is 0 Å². The van der Waals surface area contributed by atoms with Crippen molar-refractivity contribution in [2.75, 3.05) is 0 Å². The van der Waals surface area contributed by atoms with Crippen LogP contribution in [-0.4, -0.2) is 16.4 Å². The van der Waals surface area contributed by atoms with Crippen LogP contribution in [0.1, 0.15) is 83.6 Å². The zero-order valence-electron chi connectivity index (χ0n) is 18.9. The van der Waals surface area contributed by atoms with Crippen LogP contribution in [0.25, 0.3) is 0 Å². The lowest BCUT2D eigenvalue weighted by atomic mass is 9.71. The maximum absolute atomic E-state index is 14.6. The van der Waals surface area contributed by atoms with Gasteiger partial charge in [-0.15, -0.1) is 0 Å². The largest absolute Gasteiger partial charge is 0.508 e. The van der Waals surface area contributed by atoms with Gasteiger partial charge in [-0.3, -0.25) is 0 Å². The van der Waals surface area contributed by atoms with E-state index < -0.39 is 22.4 Å². The second kappa shape index (κ2) is 7.82. The second-order valence-electron chi connectivity index (χ2n) is 9.56. The second-order valence-corrected chi connectivity index (χ2v) is 9.56. The lowest BCUT2D eigenvalue weighted by molar-refractivity contribution is -0.173. The van der Waals surface area contributed by atoms with Gasteiger partial charge < -0.3 is 10.2 Å². The molecule has 30 heavy (non-hydrogen) atoms. The molecule has 0 aliphatic heterocycles. The highest BCUT2D eigenvalue weighted by Gasteiger charge is 2.54. The van der Waals surface area contributed by atoms with Crippen LogP contribution in [-0.2, 0) is 16.2 Å². The van der Waals surface area contributed by atoms with E-state index in [-0.39, 0.29) is 22.6 Å². The predicted octanol–water partition coefficient (Wildman–Crippen LogP) is 7.34. The molecule has 0 aliphatic carbocycles. The van der Waals surface area contributed by atoms with E-state index in [4.69, 9.17) is 0 Å². The SMILES string of the molecule is CCC(C)(C)c1cc(C(C)(c2ccc(O)c(C(C)(C)CC)c2)C(F)(F)F)ccc1O. The summed E-state index contributed by atoms with van der Waals surface area (Å²) >= 11 is 0. The number of phenols is 2. The topological polar surface area (TPSA) is 40.5 Å². The molecule has 2 aromatic rings. The zero-order valence-corrected chi connectivity index (χ0v) is 18.9. The third-order valence-corrected chi connectivity index (χ3v) is 6.94. The number of benzene rings is 2. The van der Waals surface area contributed by atoms with Gasteiger partial charge in [-0.1, -0.05) is 65.8 Å². The highest BCUT2D eigenvalue weighted by Crippen LogP contribution is 2.49. The van der Waals surface area contributed by atoms with Crippen molar-refractivity contribution >= 4 is 0 Å². The van der Waals surface area contributed by atoms with Crippen molar-refractivity contribution in [3.05, 3.63) is 58.7 Å². The van der Waals surface area contributed by atoms with Crippen molar-refractivity contribution in [1.29, 1.82) is 0 Å². The fourth-order valence-electron chi connectivity index (χ4n) is 3.65. The Balaban J connectivity index is 2.82. The number of hydrogen-bond donors (Lipinski definition) is 2. The Bertz CT molecular complexity index is 846. The van der Waals surface area contributed by atoms with Crippen LogP contribution in [0.3, 0.4) is 0 Å². The molecule has 0 bridgehead atoms. The first kappa shape index (κ1) is 24.1. The number of hydrogen-bond acceptors (Lipinski definition) is 2. The summed E-state index contributed by atoms with van der Waals surface area (Å²) in [6.45, 7) is 12.6. The van der Waals surface area contributed by atoms with E-state index in [9.17, 15) is 23.4 Å². The first-order valence-corrected chi connectivity index (χ1v) is 10.4. The number of phenolic OH excluding ortho intramolecular Hbond substituents is 2. The highest BCUT2D eigenvalue weighted by molar-refractivity contribution is 5.51. The Labute approximate surface area is 177 Å². The van der Waals surface area contributed by atoms with Gasteiger partial charge in [0, 0.05) is 0 Å². The van der Waals surface area contributed by atoms with Crippen molar-refractivity contribution in [3.63, 3.8) is 0 Å². The van der Waals surface area contributed by atoms with Crippen LogP contribution in [0.15, 0.2) is 36.4 Å². The third kappa shape index (κ3) is 4.03. The molecule has 0 atom stereocenters. The Morgan fingerprint density at radius 3 is 1.27 bits per heavy atom. The number of alkyl halides is 3. The van der Waals surface area contributed by atoms with Gasteiger partial charge >= 0.3 is 6.18 Å². The highest BCUT2D eigenvalue weighted by atomic mass is 19.4. The normalized spacial score (nSPS) is 13.5. The molecule has 0 saturated heterocycles. The van der Waals surface area contributed by atoms with E-state index in [2.05, 4.69) is 0 Å².